The van der Waals surface area contributed by atoms with Crippen LogP contribution < -0.4 is 10.6 Å². The van der Waals surface area contributed by atoms with E-state index in [1.807, 2.05) is 36.5 Å². The van der Waals surface area contributed by atoms with Gasteiger partial charge >= 0.3 is 12.0 Å². The van der Waals surface area contributed by atoms with Crippen LogP contribution in [0.5, 0.6) is 0 Å². The van der Waals surface area contributed by atoms with E-state index in [4.69, 9.17) is 4.74 Å². The van der Waals surface area contributed by atoms with E-state index in [2.05, 4.69) is 20.7 Å². The maximum atomic E-state index is 13.5. The van der Waals surface area contributed by atoms with Gasteiger partial charge in [0.15, 0.2) is 13.2 Å². The summed E-state index contributed by atoms with van der Waals surface area (Å²) in [7, 11) is 0. The second-order valence-electron chi connectivity index (χ2n) is 6.15. The number of benzene rings is 2. The number of anilines is 1. The number of nitrogens with one attached hydrogen (secondary N) is 2. The highest BCUT2D eigenvalue weighted by molar-refractivity contribution is 6.01. The molecule has 11 heteroatoms. The van der Waals surface area contributed by atoms with E-state index in [0.29, 0.717) is 5.82 Å². The Kier molecular flexibility index (Phi) is 6.42. The van der Waals surface area contributed by atoms with Crippen molar-refractivity contribution >= 4 is 23.6 Å². The van der Waals surface area contributed by atoms with E-state index in [9.17, 15) is 18.8 Å². The number of rotatable bonds is 6. The molecule has 2 aromatic carbocycles. The van der Waals surface area contributed by atoms with Crippen LogP contribution in [0, 0.1) is 12.7 Å². The van der Waals surface area contributed by atoms with Gasteiger partial charge in [0.1, 0.15) is 5.82 Å². The highest BCUT2D eigenvalue weighted by Crippen LogP contribution is 2.14. The average Bonchev–Trinajstić information content (AvgIpc) is 3.17. The van der Waals surface area contributed by atoms with Gasteiger partial charge in [0.05, 0.1) is 5.69 Å². The number of nitrogens with zero attached hydrogens (tertiary/aromatic N) is 4. The number of carbonyl (C=O) groups excluding carboxylic acids is 3. The van der Waals surface area contributed by atoms with Gasteiger partial charge in [0.2, 0.25) is 5.82 Å². The summed E-state index contributed by atoms with van der Waals surface area (Å²) in [5.41, 5.74) is 1.72. The SMILES string of the molecule is Cc1ccc(-c2nnn(CC(=O)OCC(=O)NC(=O)Nc3ccccc3F)n2)cc1. The molecule has 10 nitrogen and oxygen atoms in total. The van der Waals surface area contributed by atoms with Crippen LogP contribution in [-0.4, -0.2) is 44.7 Å². The zero-order valence-corrected chi connectivity index (χ0v) is 15.8. The molecule has 0 aliphatic rings. The van der Waals surface area contributed by atoms with Crippen molar-refractivity contribution in [1.82, 2.24) is 25.5 Å². The average molecular weight is 412 g/mol. The number of amides is 3. The fraction of sp³-hybridized carbons (Fsp3) is 0.158. The highest BCUT2D eigenvalue weighted by Gasteiger charge is 2.14. The number of halogens is 1. The summed E-state index contributed by atoms with van der Waals surface area (Å²) in [6, 6.07) is 11.9. The molecule has 0 aliphatic heterocycles. The first-order valence-corrected chi connectivity index (χ1v) is 8.76. The maximum absolute atomic E-state index is 13.5. The number of ether oxygens (including phenoxy) is 1. The number of tetrazole rings is 1. The van der Waals surface area contributed by atoms with E-state index in [-0.39, 0.29) is 12.2 Å². The molecular weight excluding hydrogens is 395 g/mol. The molecule has 0 spiro atoms. The summed E-state index contributed by atoms with van der Waals surface area (Å²) in [6.07, 6.45) is 0. The zero-order chi connectivity index (χ0) is 21.5. The van der Waals surface area contributed by atoms with Crippen LogP contribution in [-0.2, 0) is 20.9 Å². The summed E-state index contributed by atoms with van der Waals surface area (Å²) in [4.78, 5) is 36.3. The number of hydrogen-bond donors (Lipinski definition) is 2. The van der Waals surface area contributed by atoms with E-state index in [1.165, 1.54) is 18.2 Å². The fourth-order valence-electron chi connectivity index (χ4n) is 2.31. The van der Waals surface area contributed by atoms with Gasteiger partial charge < -0.3 is 10.1 Å². The lowest BCUT2D eigenvalue weighted by molar-refractivity contribution is -0.149. The summed E-state index contributed by atoms with van der Waals surface area (Å²) in [5, 5.41) is 15.8. The summed E-state index contributed by atoms with van der Waals surface area (Å²) < 4.78 is 18.2. The molecular formula is C19H17FN6O4. The lowest BCUT2D eigenvalue weighted by Gasteiger charge is -2.08. The molecule has 0 radical (unpaired) electrons. The molecule has 2 N–H and O–H groups in total. The van der Waals surface area contributed by atoms with Crippen molar-refractivity contribution in [3.63, 3.8) is 0 Å². The predicted molar refractivity (Wildman–Crippen MR) is 103 cm³/mol. The monoisotopic (exact) mass is 412 g/mol. The molecule has 3 amide bonds. The van der Waals surface area contributed by atoms with Crippen molar-refractivity contribution in [1.29, 1.82) is 0 Å². The molecule has 1 heterocycles. The van der Waals surface area contributed by atoms with Crippen LogP contribution in [0.1, 0.15) is 5.56 Å². The van der Waals surface area contributed by atoms with Crippen LogP contribution in [0.2, 0.25) is 0 Å². The van der Waals surface area contributed by atoms with Gasteiger partial charge in [-0.05, 0) is 24.3 Å². The number of esters is 1. The van der Waals surface area contributed by atoms with Gasteiger partial charge in [-0.2, -0.15) is 4.80 Å². The number of urea groups is 1. The highest BCUT2D eigenvalue weighted by atomic mass is 19.1. The normalized spacial score (nSPS) is 10.3. The lowest BCUT2D eigenvalue weighted by Crippen LogP contribution is -2.37. The molecule has 0 atom stereocenters. The molecule has 3 rings (SSSR count). The van der Waals surface area contributed by atoms with E-state index < -0.39 is 30.3 Å². The van der Waals surface area contributed by atoms with Crippen LogP contribution >= 0.6 is 0 Å². The minimum Gasteiger partial charge on any atom is -0.454 e. The number of aryl methyl sites for hydroxylation is 1. The number of para-hydroxylation sites is 1. The molecule has 0 saturated carbocycles. The molecule has 0 saturated heterocycles. The molecule has 0 unspecified atom stereocenters. The second kappa shape index (κ2) is 9.37. The number of aromatic nitrogens is 4. The second-order valence-corrected chi connectivity index (χ2v) is 6.15. The Hall–Kier alpha value is -4.15. The van der Waals surface area contributed by atoms with Gasteiger partial charge in [-0.3, -0.25) is 10.1 Å². The molecule has 30 heavy (non-hydrogen) atoms. The quantitative estimate of drug-likeness (QED) is 0.590. The van der Waals surface area contributed by atoms with E-state index >= 15 is 0 Å². The van der Waals surface area contributed by atoms with Crippen molar-refractivity contribution in [3.8, 4) is 11.4 Å². The Morgan fingerprint density at radius 3 is 2.57 bits per heavy atom. The molecule has 3 aromatic rings. The summed E-state index contributed by atoms with van der Waals surface area (Å²) in [6.45, 7) is 0.875. The Morgan fingerprint density at radius 1 is 1.10 bits per heavy atom. The first-order valence-electron chi connectivity index (χ1n) is 8.76. The topological polar surface area (TPSA) is 128 Å². The van der Waals surface area contributed by atoms with Crippen molar-refractivity contribution in [2.45, 2.75) is 13.5 Å². The van der Waals surface area contributed by atoms with Crippen LogP contribution in [0.25, 0.3) is 11.4 Å². The van der Waals surface area contributed by atoms with Gasteiger partial charge in [0, 0.05) is 5.56 Å². The minimum atomic E-state index is -0.957. The molecule has 1 aromatic heterocycles. The number of hydrogen-bond acceptors (Lipinski definition) is 7. The summed E-state index contributed by atoms with van der Waals surface area (Å²) >= 11 is 0. The maximum Gasteiger partial charge on any atom is 0.330 e. The third-order valence-electron chi connectivity index (χ3n) is 3.77. The fourth-order valence-corrected chi connectivity index (χ4v) is 2.31. The largest absolute Gasteiger partial charge is 0.454 e. The molecule has 154 valence electrons. The Labute approximate surface area is 170 Å². The van der Waals surface area contributed by atoms with Crippen LogP contribution in [0.15, 0.2) is 48.5 Å². The van der Waals surface area contributed by atoms with Crippen molar-refractivity contribution < 1.29 is 23.5 Å². The van der Waals surface area contributed by atoms with Gasteiger partial charge in [-0.25, -0.2) is 14.0 Å². The van der Waals surface area contributed by atoms with E-state index in [0.717, 1.165) is 22.0 Å². The minimum absolute atomic E-state index is 0.0959. The van der Waals surface area contributed by atoms with Crippen LogP contribution in [0.4, 0.5) is 14.9 Å². The van der Waals surface area contributed by atoms with Gasteiger partial charge in [-0.1, -0.05) is 42.0 Å². The van der Waals surface area contributed by atoms with Gasteiger partial charge in [0.25, 0.3) is 5.91 Å². The lowest BCUT2D eigenvalue weighted by atomic mass is 10.1. The van der Waals surface area contributed by atoms with Crippen molar-refractivity contribution in [2.75, 3.05) is 11.9 Å². The third kappa shape index (κ3) is 5.67. The van der Waals surface area contributed by atoms with Crippen molar-refractivity contribution in [2.24, 2.45) is 0 Å². The standard InChI is InChI=1S/C19H17FN6O4/c1-12-6-8-13(9-7-12)18-23-25-26(24-18)10-17(28)30-11-16(27)22-19(29)21-15-5-3-2-4-14(15)20/h2-9H,10-11H2,1H3,(H2,21,22,27,29). The Morgan fingerprint density at radius 2 is 1.83 bits per heavy atom. The first kappa shape index (κ1) is 20.6. The van der Waals surface area contributed by atoms with E-state index in [1.54, 1.807) is 0 Å². The smallest absolute Gasteiger partial charge is 0.330 e. The number of imide groups is 1. The zero-order valence-electron chi connectivity index (χ0n) is 15.8. The molecule has 0 aliphatic carbocycles. The van der Waals surface area contributed by atoms with Crippen molar-refractivity contribution in [3.05, 3.63) is 59.9 Å². The third-order valence-corrected chi connectivity index (χ3v) is 3.77. The Balaban J connectivity index is 1.44. The summed E-state index contributed by atoms with van der Waals surface area (Å²) in [5.74, 6) is -2.00. The first-order chi connectivity index (χ1) is 14.4. The molecule has 0 bridgehead atoms. The van der Waals surface area contributed by atoms with Gasteiger partial charge in [-0.15, -0.1) is 10.2 Å². The Bertz CT molecular complexity index is 1070. The van der Waals surface area contributed by atoms with Crippen LogP contribution in [0.3, 0.4) is 0 Å². The molecule has 0 fully saturated rings. The predicted octanol–water partition coefficient (Wildman–Crippen LogP) is 1.68. The number of carbonyl (C=O) groups is 3.